The molecule has 0 fully saturated rings. The fourth-order valence-corrected chi connectivity index (χ4v) is 3.98. The first-order chi connectivity index (χ1) is 9.42. The molecule has 1 aromatic heterocycles. The average molecular weight is 320 g/mol. The number of aryl methyl sites for hydroxylation is 1. The highest BCUT2D eigenvalue weighted by atomic mass is 32.2. The molecule has 3 N–H and O–H groups in total. The summed E-state index contributed by atoms with van der Waals surface area (Å²) >= 11 is 1.71. The number of H-pyrrole nitrogens is 1. The molecule has 8 heteroatoms. The third-order valence-electron chi connectivity index (χ3n) is 2.77. The number of hydrogen-bond acceptors (Lipinski definition) is 5. The van der Waals surface area contributed by atoms with Gasteiger partial charge in [-0.15, -0.1) is 0 Å². The van der Waals surface area contributed by atoms with Crippen molar-refractivity contribution in [1.29, 1.82) is 0 Å². The molecule has 20 heavy (non-hydrogen) atoms. The summed E-state index contributed by atoms with van der Waals surface area (Å²) in [5.41, 5.74) is 1.48. The molecule has 0 aliphatic heterocycles. The molecule has 0 saturated carbocycles. The molecule has 1 aromatic rings. The van der Waals surface area contributed by atoms with Gasteiger partial charge in [-0.1, -0.05) is 13.8 Å². The molecule has 0 aromatic carbocycles. The summed E-state index contributed by atoms with van der Waals surface area (Å²) in [6.45, 7) is 9.00. The van der Waals surface area contributed by atoms with E-state index >= 15 is 0 Å². The first kappa shape index (κ1) is 17.5. The average Bonchev–Trinajstić information content (AvgIpc) is 2.75. The molecule has 1 rings (SSSR count). The molecule has 1 heterocycles. The Balaban J connectivity index is 2.86. The fraction of sp³-hybridized carbons (Fsp3) is 0.750. The highest BCUT2D eigenvalue weighted by Crippen LogP contribution is 2.16. The fourth-order valence-electron chi connectivity index (χ4n) is 1.76. The minimum Gasteiger partial charge on any atom is -0.313 e. The molecule has 0 bridgehead atoms. The van der Waals surface area contributed by atoms with Crippen LogP contribution in [-0.2, 0) is 16.6 Å². The molecule has 0 aliphatic rings. The highest BCUT2D eigenvalue weighted by molar-refractivity contribution is 7.99. The monoisotopic (exact) mass is 320 g/mol. The molecule has 0 aliphatic carbocycles. The Bertz CT molecular complexity index is 514. The van der Waals surface area contributed by atoms with E-state index in [0.717, 1.165) is 23.7 Å². The van der Waals surface area contributed by atoms with Crippen LogP contribution in [0.15, 0.2) is 5.03 Å². The van der Waals surface area contributed by atoms with Crippen LogP contribution in [0, 0.1) is 6.92 Å². The highest BCUT2D eigenvalue weighted by Gasteiger charge is 2.25. The molecule has 0 radical (unpaired) electrons. The van der Waals surface area contributed by atoms with Gasteiger partial charge in [-0.3, -0.25) is 5.10 Å². The minimum absolute atomic E-state index is 0.101. The van der Waals surface area contributed by atoms with Crippen molar-refractivity contribution in [3.8, 4) is 0 Å². The summed E-state index contributed by atoms with van der Waals surface area (Å²) in [5.74, 6) is 1.72. The summed E-state index contributed by atoms with van der Waals surface area (Å²) < 4.78 is 27.4. The second-order valence-corrected chi connectivity index (χ2v) is 7.54. The lowest BCUT2D eigenvalue weighted by Gasteiger charge is -2.13. The number of nitrogens with zero attached hydrogens (tertiary/aromatic N) is 1. The summed E-state index contributed by atoms with van der Waals surface area (Å²) in [7, 11) is -3.58. The van der Waals surface area contributed by atoms with Gasteiger partial charge in [-0.2, -0.15) is 16.9 Å². The van der Waals surface area contributed by atoms with Crippen LogP contribution in [0.25, 0.3) is 0 Å². The van der Waals surface area contributed by atoms with E-state index in [1.165, 1.54) is 0 Å². The van der Waals surface area contributed by atoms with Crippen molar-refractivity contribution in [2.75, 3.05) is 18.1 Å². The van der Waals surface area contributed by atoms with Gasteiger partial charge in [-0.05, 0) is 26.1 Å². The maximum absolute atomic E-state index is 12.4. The van der Waals surface area contributed by atoms with Crippen molar-refractivity contribution in [3.05, 3.63) is 11.3 Å². The van der Waals surface area contributed by atoms with Crippen LogP contribution in [-0.4, -0.2) is 42.7 Å². The molecule has 1 unspecified atom stereocenters. The van der Waals surface area contributed by atoms with Crippen molar-refractivity contribution in [1.82, 2.24) is 20.2 Å². The molecular weight excluding hydrogens is 296 g/mol. The zero-order chi connectivity index (χ0) is 15.2. The van der Waals surface area contributed by atoms with Crippen LogP contribution in [0.2, 0.25) is 0 Å². The first-order valence-corrected chi connectivity index (χ1v) is 9.40. The van der Waals surface area contributed by atoms with Crippen LogP contribution in [0.3, 0.4) is 0 Å². The van der Waals surface area contributed by atoms with Gasteiger partial charge in [0.1, 0.15) is 0 Å². The SMILES string of the molecule is CCNCc1c(S(=O)(=O)NC(C)CSCC)n[nH]c1C. The maximum Gasteiger partial charge on any atom is 0.260 e. The van der Waals surface area contributed by atoms with E-state index < -0.39 is 10.0 Å². The summed E-state index contributed by atoms with van der Waals surface area (Å²) in [6.07, 6.45) is 0. The number of thioether (sulfide) groups is 1. The number of nitrogens with one attached hydrogen (secondary N) is 3. The quantitative estimate of drug-likeness (QED) is 0.637. The van der Waals surface area contributed by atoms with E-state index in [1.807, 2.05) is 20.8 Å². The normalized spacial score (nSPS) is 13.6. The Labute approximate surface area is 125 Å². The molecule has 6 nitrogen and oxygen atoms in total. The Morgan fingerprint density at radius 3 is 2.70 bits per heavy atom. The number of rotatable bonds is 9. The van der Waals surface area contributed by atoms with Crippen LogP contribution in [0.1, 0.15) is 32.0 Å². The Hall–Kier alpha value is -0.570. The minimum atomic E-state index is -3.58. The van der Waals surface area contributed by atoms with E-state index in [1.54, 1.807) is 11.8 Å². The Morgan fingerprint density at radius 1 is 1.40 bits per heavy atom. The predicted octanol–water partition coefficient (Wildman–Crippen LogP) is 1.25. The Kier molecular flexibility index (Phi) is 7.01. The molecule has 0 amide bonds. The van der Waals surface area contributed by atoms with E-state index in [2.05, 4.69) is 27.2 Å². The molecule has 1 atom stereocenters. The standard InChI is InChI=1S/C12H24N4O2S2/c1-5-13-7-11-10(4)14-15-12(11)20(17,18)16-9(3)8-19-6-2/h9,13,16H,5-8H2,1-4H3,(H,14,15). The lowest BCUT2D eigenvalue weighted by molar-refractivity contribution is 0.564. The first-order valence-electron chi connectivity index (χ1n) is 6.77. The third kappa shape index (κ3) is 4.76. The Morgan fingerprint density at radius 2 is 2.10 bits per heavy atom. The maximum atomic E-state index is 12.4. The van der Waals surface area contributed by atoms with E-state index in [0.29, 0.717) is 12.1 Å². The summed E-state index contributed by atoms with van der Waals surface area (Å²) in [4.78, 5) is 0. The molecule has 116 valence electrons. The molecule has 0 saturated heterocycles. The second kappa shape index (κ2) is 8.02. The summed E-state index contributed by atoms with van der Waals surface area (Å²) in [6, 6.07) is -0.117. The smallest absolute Gasteiger partial charge is 0.260 e. The van der Waals surface area contributed by atoms with Crippen molar-refractivity contribution >= 4 is 21.8 Å². The van der Waals surface area contributed by atoms with Gasteiger partial charge in [0.05, 0.1) is 0 Å². The topological polar surface area (TPSA) is 86.9 Å². The van der Waals surface area contributed by atoms with Gasteiger partial charge in [0, 0.05) is 29.6 Å². The van der Waals surface area contributed by atoms with Crippen LogP contribution in [0.4, 0.5) is 0 Å². The lowest BCUT2D eigenvalue weighted by atomic mass is 10.2. The van der Waals surface area contributed by atoms with E-state index in [4.69, 9.17) is 0 Å². The number of aromatic nitrogens is 2. The van der Waals surface area contributed by atoms with Gasteiger partial charge in [0.15, 0.2) is 5.03 Å². The van der Waals surface area contributed by atoms with Gasteiger partial charge in [-0.25, -0.2) is 13.1 Å². The van der Waals surface area contributed by atoms with Crippen molar-refractivity contribution in [2.24, 2.45) is 0 Å². The van der Waals surface area contributed by atoms with Gasteiger partial charge >= 0.3 is 0 Å². The molecular formula is C12H24N4O2S2. The summed E-state index contributed by atoms with van der Waals surface area (Å²) in [5, 5.41) is 9.94. The van der Waals surface area contributed by atoms with Crippen LogP contribution in [0.5, 0.6) is 0 Å². The third-order valence-corrected chi connectivity index (χ3v) is 5.47. The number of sulfonamides is 1. The van der Waals surface area contributed by atoms with E-state index in [9.17, 15) is 8.42 Å². The van der Waals surface area contributed by atoms with Gasteiger partial charge in [0.25, 0.3) is 10.0 Å². The zero-order valence-corrected chi connectivity index (χ0v) is 14.1. The van der Waals surface area contributed by atoms with Gasteiger partial charge in [0.2, 0.25) is 0 Å². The van der Waals surface area contributed by atoms with Crippen LogP contribution < -0.4 is 10.0 Å². The predicted molar refractivity (Wildman–Crippen MR) is 83.5 cm³/mol. The second-order valence-electron chi connectivity index (χ2n) is 4.59. The van der Waals surface area contributed by atoms with Crippen LogP contribution >= 0.6 is 11.8 Å². The van der Waals surface area contributed by atoms with Gasteiger partial charge < -0.3 is 5.32 Å². The van der Waals surface area contributed by atoms with E-state index in [-0.39, 0.29) is 11.1 Å². The number of aromatic amines is 1. The van der Waals surface area contributed by atoms with Crippen molar-refractivity contribution < 1.29 is 8.42 Å². The zero-order valence-electron chi connectivity index (χ0n) is 12.5. The largest absolute Gasteiger partial charge is 0.313 e. The lowest BCUT2D eigenvalue weighted by Crippen LogP contribution is -2.35. The number of hydrogen-bond donors (Lipinski definition) is 3. The van der Waals surface area contributed by atoms with Crippen molar-refractivity contribution in [2.45, 2.75) is 45.3 Å². The molecule has 0 spiro atoms. The van der Waals surface area contributed by atoms with Crippen molar-refractivity contribution in [3.63, 3.8) is 0 Å².